The van der Waals surface area contributed by atoms with Crippen LogP contribution in [0, 0.1) is 0 Å². The van der Waals surface area contributed by atoms with Gasteiger partial charge < -0.3 is 19.0 Å². The van der Waals surface area contributed by atoms with Crippen LogP contribution in [0.5, 0.6) is 0 Å². The largest absolute Gasteiger partial charge is 0.468 e. The Kier molecular flexibility index (Phi) is 6.69. The van der Waals surface area contributed by atoms with Crippen LogP contribution in [0.3, 0.4) is 0 Å². The van der Waals surface area contributed by atoms with Gasteiger partial charge in [0, 0.05) is 36.1 Å². The first-order valence-electron chi connectivity index (χ1n) is 9.50. The average molecular weight is 451 g/mol. The molecule has 30 heavy (non-hydrogen) atoms. The number of rotatable bonds is 7. The Labute approximate surface area is 183 Å². The third-order valence-corrected chi connectivity index (χ3v) is 5.58. The van der Waals surface area contributed by atoms with Crippen LogP contribution in [0.2, 0.25) is 10.0 Å². The first kappa shape index (κ1) is 20.9. The number of aromatic nitrogens is 2. The summed E-state index contributed by atoms with van der Waals surface area (Å²) in [6.45, 7) is 3.13. The number of benzene rings is 1. The summed E-state index contributed by atoms with van der Waals surface area (Å²) in [6.07, 6.45) is 1.88. The number of ether oxygens (including phenoxy) is 1. The molecule has 1 aromatic carbocycles. The van der Waals surface area contributed by atoms with Crippen molar-refractivity contribution in [1.82, 2.24) is 20.4 Å². The van der Waals surface area contributed by atoms with Crippen molar-refractivity contribution in [2.75, 3.05) is 32.8 Å². The molecule has 1 aliphatic heterocycles. The molecule has 3 heterocycles. The standard InChI is InChI=1S/C20H20Cl2N4O4/c21-14-3-1-4-15(22)13(14)11-18-24-20(30-25-18)19(27)23-12-16(17-5-2-8-29-17)26-6-9-28-10-7-26/h1-5,8,16H,6-7,9-12H2,(H,23,27). The number of carbonyl (C=O) groups excluding carboxylic acids is 1. The molecule has 0 saturated carbocycles. The highest BCUT2D eigenvalue weighted by Gasteiger charge is 2.26. The Bertz CT molecular complexity index is 966. The van der Waals surface area contributed by atoms with Crippen LogP contribution >= 0.6 is 23.2 Å². The highest BCUT2D eigenvalue weighted by Crippen LogP contribution is 2.26. The topological polar surface area (TPSA) is 93.6 Å². The van der Waals surface area contributed by atoms with E-state index in [1.54, 1.807) is 24.5 Å². The molecule has 0 spiro atoms. The van der Waals surface area contributed by atoms with Crippen molar-refractivity contribution in [1.29, 1.82) is 0 Å². The molecule has 158 valence electrons. The van der Waals surface area contributed by atoms with Crippen LogP contribution in [0.15, 0.2) is 45.5 Å². The summed E-state index contributed by atoms with van der Waals surface area (Å²) in [5, 5.41) is 7.74. The zero-order valence-corrected chi connectivity index (χ0v) is 17.5. The number of hydrogen-bond acceptors (Lipinski definition) is 7. The van der Waals surface area contributed by atoms with Crippen molar-refractivity contribution in [3.8, 4) is 0 Å². The molecule has 0 radical (unpaired) electrons. The Morgan fingerprint density at radius 1 is 1.17 bits per heavy atom. The number of nitrogens with one attached hydrogen (secondary N) is 1. The van der Waals surface area contributed by atoms with Gasteiger partial charge >= 0.3 is 11.8 Å². The zero-order chi connectivity index (χ0) is 20.9. The van der Waals surface area contributed by atoms with Crippen LogP contribution in [-0.2, 0) is 11.2 Å². The van der Waals surface area contributed by atoms with Crippen molar-refractivity contribution in [3.05, 3.63) is 69.7 Å². The fourth-order valence-electron chi connectivity index (χ4n) is 3.32. The fourth-order valence-corrected chi connectivity index (χ4v) is 3.85. The van der Waals surface area contributed by atoms with E-state index in [4.69, 9.17) is 36.9 Å². The molecule has 1 fully saturated rings. The monoisotopic (exact) mass is 450 g/mol. The van der Waals surface area contributed by atoms with E-state index in [1.807, 2.05) is 12.1 Å². The summed E-state index contributed by atoms with van der Waals surface area (Å²) in [4.78, 5) is 19.0. The van der Waals surface area contributed by atoms with Gasteiger partial charge in [0.1, 0.15) is 5.76 Å². The van der Waals surface area contributed by atoms with Gasteiger partial charge in [0.15, 0.2) is 5.82 Å². The van der Waals surface area contributed by atoms with Gasteiger partial charge in [-0.3, -0.25) is 9.69 Å². The molecular weight excluding hydrogens is 431 g/mol. The van der Waals surface area contributed by atoms with Gasteiger partial charge in [0.2, 0.25) is 0 Å². The van der Waals surface area contributed by atoms with Crippen molar-refractivity contribution in [2.24, 2.45) is 0 Å². The maximum absolute atomic E-state index is 12.6. The molecule has 1 unspecified atom stereocenters. The Balaban J connectivity index is 1.41. The molecule has 1 aliphatic rings. The summed E-state index contributed by atoms with van der Waals surface area (Å²) >= 11 is 12.4. The predicted octanol–water partition coefficient (Wildman–Crippen LogP) is 3.36. The lowest BCUT2D eigenvalue weighted by atomic mass is 10.1. The first-order valence-corrected chi connectivity index (χ1v) is 10.3. The van der Waals surface area contributed by atoms with Crippen molar-refractivity contribution < 1.29 is 18.5 Å². The summed E-state index contributed by atoms with van der Waals surface area (Å²) in [7, 11) is 0. The third kappa shape index (κ3) is 4.84. The molecule has 1 amide bonds. The summed E-state index contributed by atoms with van der Waals surface area (Å²) in [5.41, 5.74) is 0.679. The van der Waals surface area contributed by atoms with Crippen molar-refractivity contribution in [2.45, 2.75) is 12.5 Å². The summed E-state index contributed by atoms with van der Waals surface area (Å²) < 4.78 is 16.1. The van der Waals surface area contributed by atoms with Gasteiger partial charge in [-0.25, -0.2) is 0 Å². The quantitative estimate of drug-likeness (QED) is 0.589. The molecule has 1 saturated heterocycles. The minimum absolute atomic E-state index is 0.114. The lowest BCUT2D eigenvalue weighted by Gasteiger charge is -2.33. The zero-order valence-electron chi connectivity index (χ0n) is 16.0. The number of carbonyl (C=O) groups is 1. The first-order chi connectivity index (χ1) is 14.6. The van der Waals surface area contributed by atoms with E-state index >= 15 is 0 Å². The number of halogens is 2. The number of nitrogens with zero attached hydrogens (tertiary/aromatic N) is 3. The van der Waals surface area contributed by atoms with E-state index in [9.17, 15) is 4.79 Å². The molecule has 8 nitrogen and oxygen atoms in total. The Hall–Kier alpha value is -2.39. The number of amides is 1. The second kappa shape index (κ2) is 9.61. The minimum Gasteiger partial charge on any atom is -0.468 e. The van der Waals surface area contributed by atoms with Gasteiger partial charge in [-0.2, -0.15) is 4.98 Å². The van der Waals surface area contributed by atoms with E-state index in [0.717, 1.165) is 18.8 Å². The lowest BCUT2D eigenvalue weighted by Crippen LogP contribution is -2.43. The van der Waals surface area contributed by atoms with Crippen LogP contribution in [0.25, 0.3) is 0 Å². The number of morpholine rings is 1. The molecule has 2 aromatic heterocycles. The average Bonchev–Trinajstić information content (AvgIpc) is 3.44. The number of hydrogen-bond donors (Lipinski definition) is 1. The maximum Gasteiger partial charge on any atom is 0.315 e. The number of furan rings is 1. The normalized spacial score (nSPS) is 15.8. The fraction of sp³-hybridized carbons (Fsp3) is 0.350. The molecule has 10 heteroatoms. The molecule has 0 aliphatic carbocycles. The lowest BCUT2D eigenvalue weighted by molar-refractivity contribution is 0.0117. The van der Waals surface area contributed by atoms with E-state index in [1.165, 1.54) is 0 Å². The highest BCUT2D eigenvalue weighted by atomic mass is 35.5. The predicted molar refractivity (Wildman–Crippen MR) is 110 cm³/mol. The highest BCUT2D eigenvalue weighted by molar-refractivity contribution is 6.36. The second-order valence-corrected chi connectivity index (χ2v) is 7.60. The molecular formula is C20H20Cl2N4O4. The van der Waals surface area contributed by atoms with Crippen LogP contribution in [0.1, 0.15) is 33.9 Å². The third-order valence-electron chi connectivity index (χ3n) is 4.87. The summed E-state index contributed by atoms with van der Waals surface area (Å²) in [5.74, 6) is 0.528. The van der Waals surface area contributed by atoms with Crippen molar-refractivity contribution >= 4 is 29.1 Å². The van der Waals surface area contributed by atoms with Crippen LogP contribution in [-0.4, -0.2) is 53.8 Å². The Morgan fingerprint density at radius 2 is 1.93 bits per heavy atom. The van der Waals surface area contributed by atoms with Crippen LogP contribution in [0.4, 0.5) is 0 Å². The maximum atomic E-state index is 12.6. The van der Waals surface area contributed by atoms with Crippen molar-refractivity contribution in [3.63, 3.8) is 0 Å². The second-order valence-electron chi connectivity index (χ2n) is 6.78. The van der Waals surface area contributed by atoms with Gasteiger partial charge in [0.05, 0.1) is 25.5 Å². The smallest absolute Gasteiger partial charge is 0.315 e. The molecule has 3 aromatic rings. The van der Waals surface area contributed by atoms with E-state index < -0.39 is 5.91 Å². The van der Waals surface area contributed by atoms with E-state index in [2.05, 4.69) is 20.4 Å². The minimum atomic E-state index is -0.455. The SMILES string of the molecule is O=C(NCC(c1ccco1)N1CCOCC1)c1nc(Cc2c(Cl)cccc2Cl)no1. The van der Waals surface area contributed by atoms with Crippen LogP contribution < -0.4 is 5.32 Å². The molecule has 4 rings (SSSR count). The Morgan fingerprint density at radius 3 is 2.63 bits per heavy atom. The van der Waals surface area contributed by atoms with Gasteiger partial charge in [-0.1, -0.05) is 34.4 Å². The summed E-state index contributed by atoms with van der Waals surface area (Å²) in [6, 6.07) is 8.83. The van der Waals surface area contributed by atoms with Gasteiger partial charge in [-0.15, -0.1) is 0 Å². The molecule has 0 bridgehead atoms. The van der Waals surface area contributed by atoms with Gasteiger partial charge in [0.25, 0.3) is 0 Å². The van der Waals surface area contributed by atoms with Gasteiger partial charge in [-0.05, 0) is 29.8 Å². The molecule has 1 N–H and O–H groups in total. The van der Waals surface area contributed by atoms with E-state index in [0.29, 0.717) is 41.2 Å². The van der Waals surface area contributed by atoms with E-state index in [-0.39, 0.29) is 18.4 Å². The molecule has 1 atom stereocenters.